The predicted molar refractivity (Wildman–Crippen MR) is 148 cm³/mol. The highest BCUT2D eigenvalue weighted by molar-refractivity contribution is 9.10. The zero-order chi connectivity index (χ0) is 25.8. The summed E-state index contributed by atoms with van der Waals surface area (Å²) < 4.78 is 12.4. The summed E-state index contributed by atoms with van der Waals surface area (Å²) in [4.78, 5) is 26.8. The van der Waals surface area contributed by atoms with Gasteiger partial charge in [0.2, 0.25) is 0 Å². The number of ether oxygens (including phenoxy) is 2. The van der Waals surface area contributed by atoms with Crippen LogP contribution in [-0.4, -0.2) is 33.3 Å². The summed E-state index contributed by atoms with van der Waals surface area (Å²) in [6.45, 7) is 2.39. The fourth-order valence-corrected chi connectivity index (χ4v) is 5.58. The van der Waals surface area contributed by atoms with Crippen molar-refractivity contribution in [1.82, 2.24) is 4.90 Å². The highest BCUT2D eigenvalue weighted by atomic mass is 79.9. The van der Waals surface area contributed by atoms with Crippen LogP contribution in [0.1, 0.15) is 28.3 Å². The number of carboxylic acids is 1. The maximum atomic E-state index is 13.2. The number of carbonyl (C=O) groups excluding carboxylic acids is 1. The number of nitrogens with zero attached hydrogens (tertiary/aromatic N) is 1. The number of carboxylic acid groups (broad SMARTS) is 1. The van der Waals surface area contributed by atoms with E-state index < -0.39 is 17.9 Å². The number of benzene rings is 3. The molecule has 1 fully saturated rings. The Hall–Kier alpha value is -3.14. The molecule has 3 aromatic carbocycles. The minimum absolute atomic E-state index is 0.187. The molecule has 0 saturated carbocycles. The van der Waals surface area contributed by atoms with Gasteiger partial charge in [0.05, 0.1) is 16.5 Å². The largest absolute Gasteiger partial charge is 0.493 e. The maximum Gasteiger partial charge on any atom is 0.331 e. The van der Waals surface area contributed by atoms with Gasteiger partial charge in [0.1, 0.15) is 10.9 Å². The molecule has 4 rings (SSSR count). The van der Waals surface area contributed by atoms with E-state index in [0.29, 0.717) is 38.6 Å². The van der Waals surface area contributed by atoms with Crippen molar-refractivity contribution in [2.45, 2.75) is 19.6 Å². The zero-order valence-electron chi connectivity index (χ0n) is 19.4. The molecule has 1 aliphatic rings. The van der Waals surface area contributed by atoms with Gasteiger partial charge in [-0.25, -0.2) is 4.79 Å². The molecule has 9 heteroatoms. The molecule has 1 heterocycles. The highest BCUT2D eigenvalue weighted by Crippen LogP contribution is 2.41. The van der Waals surface area contributed by atoms with Crippen molar-refractivity contribution in [3.8, 4) is 11.5 Å². The number of aliphatic carboxylic acids is 1. The van der Waals surface area contributed by atoms with Crippen molar-refractivity contribution in [2.24, 2.45) is 0 Å². The van der Waals surface area contributed by atoms with Gasteiger partial charge in [-0.05, 0) is 57.8 Å². The number of thioether (sulfide) groups is 1. The lowest BCUT2D eigenvalue weighted by molar-refractivity contribution is -0.145. The second kappa shape index (κ2) is 11.3. The van der Waals surface area contributed by atoms with Crippen LogP contribution in [0.25, 0.3) is 6.08 Å². The monoisotopic (exact) mass is 583 g/mol. The third-order valence-corrected chi connectivity index (χ3v) is 7.40. The van der Waals surface area contributed by atoms with Crippen molar-refractivity contribution in [1.29, 1.82) is 0 Å². The van der Waals surface area contributed by atoms with E-state index in [0.717, 1.165) is 22.2 Å². The van der Waals surface area contributed by atoms with E-state index in [1.807, 2.05) is 37.3 Å². The minimum atomic E-state index is -1.21. The average molecular weight is 585 g/mol. The molecule has 0 aromatic heterocycles. The molecular formula is C27H22BrNO5S2. The van der Waals surface area contributed by atoms with Crippen LogP contribution in [0.2, 0.25) is 0 Å². The number of amides is 1. The van der Waals surface area contributed by atoms with Gasteiger partial charge in [0.15, 0.2) is 17.5 Å². The number of aryl methyl sites for hydroxylation is 1. The van der Waals surface area contributed by atoms with E-state index in [1.165, 1.54) is 5.56 Å². The lowest BCUT2D eigenvalue weighted by Crippen LogP contribution is -2.37. The highest BCUT2D eigenvalue weighted by Gasteiger charge is 2.41. The van der Waals surface area contributed by atoms with E-state index in [1.54, 1.807) is 49.6 Å². The van der Waals surface area contributed by atoms with Gasteiger partial charge in [-0.15, -0.1) is 0 Å². The van der Waals surface area contributed by atoms with E-state index >= 15 is 0 Å². The Morgan fingerprint density at radius 2 is 1.86 bits per heavy atom. The number of halogens is 1. The van der Waals surface area contributed by atoms with Gasteiger partial charge in [-0.1, -0.05) is 84.1 Å². The molecule has 1 atom stereocenters. The smallest absolute Gasteiger partial charge is 0.331 e. The van der Waals surface area contributed by atoms with Crippen molar-refractivity contribution >= 4 is 62.2 Å². The van der Waals surface area contributed by atoms with Crippen LogP contribution < -0.4 is 9.47 Å². The topological polar surface area (TPSA) is 76.1 Å². The van der Waals surface area contributed by atoms with Crippen LogP contribution in [0.15, 0.2) is 76.1 Å². The molecule has 1 aliphatic heterocycles. The molecule has 0 spiro atoms. The van der Waals surface area contributed by atoms with E-state index in [9.17, 15) is 14.7 Å². The van der Waals surface area contributed by atoms with Crippen LogP contribution in [0.5, 0.6) is 11.5 Å². The molecule has 0 aliphatic carbocycles. The summed E-state index contributed by atoms with van der Waals surface area (Å²) in [5.74, 6) is -0.585. The first-order chi connectivity index (χ1) is 17.3. The standard InChI is InChI=1S/C27H22BrNO5S2/c1-16-8-10-17(11-9-16)15-34-24-20(28)12-18(13-21(24)33-2)14-22-25(30)29(27(35)36-22)23(26(31)32)19-6-4-3-5-7-19/h3-14,23H,15H2,1-2H3,(H,31,32)/b22-14-. The molecule has 1 amide bonds. The van der Waals surface area contributed by atoms with Crippen molar-refractivity contribution in [2.75, 3.05) is 7.11 Å². The quantitative estimate of drug-likeness (QED) is 0.244. The number of rotatable bonds is 8. The summed E-state index contributed by atoms with van der Waals surface area (Å²) >= 11 is 10.0. The number of methoxy groups -OCH3 is 1. The fraction of sp³-hybridized carbons (Fsp3) is 0.148. The zero-order valence-corrected chi connectivity index (χ0v) is 22.7. The summed E-state index contributed by atoms with van der Waals surface area (Å²) in [5, 5.41) is 9.86. The van der Waals surface area contributed by atoms with Crippen molar-refractivity contribution in [3.63, 3.8) is 0 Å². The average Bonchev–Trinajstić information content (AvgIpc) is 3.12. The molecular weight excluding hydrogens is 562 g/mol. The SMILES string of the molecule is COc1cc(/C=C2\SC(=S)N(C(C(=O)O)c3ccccc3)C2=O)cc(Br)c1OCc1ccc(C)cc1. The molecule has 1 unspecified atom stereocenters. The Labute approximate surface area is 227 Å². The third kappa shape index (κ3) is 5.64. The number of thiocarbonyl (C=S) groups is 1. The Morgan fingerprint density at radius 3 is 2.50 bits per heavy atom. The minimum Gasteiger partial charge on any atom is -0.493 e. The van der Waals surface area contributed by atoms with Crippen LogP contribution >= 0.6 is 39.9 Å². The van der Waals surface area contributed by atoms with Gasteiger partial charge in [0.25, 0.3) is 5.91 Å². The van der Waals surface area contributed by atoms with Crippen LogP contribution in [0.4, 0.5) is 0 Å². The van der Waals surface area contributed by atoms with Gasteiger partial charge >= 0.3 is 5.97 Å². The molecule has 184 valence electrons. The van der Waals surface area contributed by atoms with E-state index in [2.05, 4.69) is 15.9 Å². The predicted octanol–water partition coefficient (Wildman–Crippen LogP) is 6.37. The first-order valence-electron chi connectivity index (χ1n) is 10.9. The molecule has 3 aromatic rings. The van der Waals surface area contributed by atoms with Crippen LogP contribution in [0.3, 0.4) is 0 Å². The second-order valence-electron chi connectivity index (χ2n) is 8.01. The Kier molecular flexibility index (Phi) is 8.13. The van der Waals surface area contributed by atoms with Gasteiger partial charge < -0.3 is 14.6 Å². The van der Waals surface area contributed by atoms with E-state index in [4.69, 9.17) is 21.7 Å². The number of hydrogen-bond acceptors (Lipinski definition) is 6. The fourth-order valence-electron chi connectivity index (χ4n) is 3.69. The van der Waals surface area contributed by atoms with Crippen molar-refractivity contribution < 1.29 is 24.2 Å². The lowest BCUT2D eigenvalue weighted by atomic mass is 10.1. The summed E-state index contributed by atoms with van der Waals surface area (Å²) in [6, 6.07) is 19.0. The van der Waals surface area contributed by atoms with Crippen molar-refractivity contribution in [3.05, 3.63) is 98.4 Å². The third-order valence-electron chi connectivity index (χ3n) is 5.48. The molecule has 0 bridgehead atoms. The summed E-state index contributed by atoms with van der Waals surface area (Å²) in [7, 11) is 1.54. The number of carbonyl (C=O) groups is 2. The molecule has 36 heavy (non-hydrogen) atoms. The summed E-state index contributed by atoms with van der Waals surface area (Å²) in [5.41, 5.74) is 3.34. The second-order valence-corrected chi connectivity index (χ2v) is 10.5. The van der Waals surface area contributed by atoms with E-state index in [-0.39, 0.29) is 4.32 Å². The van der Waals surface area contributed by atoms with Gasteiger partial charge in [-0.3, -0.25) is 9.69 Å². The van der Waals surface area contributed by atoms with Gasteiger partial charge in [0, 0.05) is 0 Å². The normalized spacial score (nSPS) is 15.3. The Morgan fingerprint density at radius 1 is 1.17 bits per heavy atom. The Balaban J connectivity index is 1.59. The maximum absolute atomic E-state index is 13.2. The first kappa shape index (κ1) is 25.9. The molecule has 1 saturated heterocycles. The lowest BCUT2D eigenvalue weighted by Gasteiger charge is -2.23. The Bertz CT molecular complexity index is 1340. The molecule has 1 N–H and O–H groups in total. The van der Waals surface area contributed by atoms with Gasteiger partial charge in [-0.2, -0.15) is 0 Å². The first-order valence-corrected chi connectivity index (χ1v) is 12.9. The van der Waals surface area contributed by atoms with Crippen LogP contribution in [-0.2, 0) is 16.2 Å². The van der Waals surface area contributed by atoms with Crippen LogP contribution in [0, 0.1) is 6.92 Å². The number of hydrogen-bond donors (Lipinski definition) is 1. The summed E-state index contributed by atoms with van der Waals surface area (Å²) in [6.07, 6.45) is 1.67. The molecule has 6 nitrogen and oxygen atoms in total. The molecule has 0 radical (unpaired) electrons.